The fourth-order valence-corrected chi connectivity index (χ4v) is 10.6. The summed E-state index contributed by atoms with van der Waals surface area (Å²) in [6, 6.07) is 29.8. The molecule has 8 rings (SSSR count). The number of hydrogen-bond donors (Lipinski definition) is 0. The van der Waals surface area contributed by atoms with Crippen molar-refractivity contribution in [2.45, 2.75) is 169 Å². The maximum absolute atomic E-state index is 13.3. The molecule has 2 aliphatic carbocycles. The number of carbonyl (C=O) groups is 2. The molecule has 3 heterocycles. The van der Waals surface area contributed by atoms with E-state index < -0.39 is 30.7 Å². The van der Waals surface area contributed by atoms with Crippen molar-refractivity contribution in [3.8, 4) is 0 Å². The minimum Gasteiger partial charge on any atom is -0.461 e. The minimum atomic E-state index is -1.000. The molecule has 394 valence electrons. The molecule has 16 heteroatoms. The lowest BCUT2D eigenvalue weighted by Crippen LogP contribution is -2.61. The highest BCUT2D eigenvalue weighted by Gasteiger charge is 2.49. The second-order valence-corrected chi connectivity index (χ2v) is 21.2. The van der Waals surface area contributed by atoms with Gasteiger partial charge in [0.1, 0.15) is 61.1 Å². The first-order chi connectivity index (χ1) is 35.4. The highest BCUT2D eigenvalue weighted by atomic mass is 16.7. The third kappa shape index (κ3) is 15.8. The second kappa shape index (κ2) is 26.7. The van der Waals surface area contributed by atoms with E-state index in [2.05, 4.69) is 62.2 Å². The Morgan fingerprint density at radius 2 is 1.00 bits per heavy atom. The Kier molecular flexibility index (Phi) is 19.7. The lowest BCUT2D eigenvalue weighted by atomic mass is 9.75. The first kappa shape index (κ1) is 53.9. The molecule has 2 aromatic heterocycles. The van der Waals surface area contributed by atoms with Crippen LogP contribution < -0.4 is 0 Å². The van der Waals surface area contributed by atoms with Crippen LogP contribution in [-0.2, 0) is 93.6 Å². The molecular formula is C57H76N6O10. The van der Waals surface area contributed by atoms with Gasteiger partial charge in [0.2, 0.25) is 0 Å². The van der Waals surface area contributed by atoms with E-state index in [4.69, 9.17) is 37.9 Å². The van der Waals surface area contributed by atoms with Crippen LogP contribution in [0.5, 0.6) is 0 Å². The van der Waals surface area contributed by atoms with Crippen molar-refractivity contribution in [3.05, 3.63) is 131 Å². The molecule has 0 unspecified atom stereocenters. The highest BCUT2D eigenvalue weighted by Crippen LogP contribution is 2.37. The molecule has 3 fully saturated rings. The zero-order valence-corrected chi connectivity index (χ0v) is 43.5. The van der Waals surface area contributed by atoms with Gasteiger partial charge in [0.05, 0.1) is 52.0 Å². The largest absolute Gasteiger partial charge is 0.461 e. The number of ether oxygens (including phenoxy) is 8. The molecule has 3 aromatic carbocycles. The Bertz CT molecular complexity index is 2420. The summed E-state index contributed by atoms with van der Waals surface area (Å²) in [7, 11) is 0. The van der Waals surface area contributed by atoms with Gasteiger partial charge >= 0.3 is 11.9 Å². The summed E-state index contributed by atoms with van der Waals surface area (Å²) >= 11 is 0. The molecule has 0 bridgehead atoms. The molecule has 16 nitrogen and oxygen atoms in total. The molecule has 73 heavy (non-hydrogen) atoms. The third-order valence-electron chi connectivity index (χ3n) is 14.6. The fraction of sp³-hybridized carbons (Fsp3) is 0.579. The second-order valence-electron chi connectivity index (χ2n) is 21.2. The van der Waals surface area contributed by atoms with Crippen molar-refractivity contribution in [2.75, 3.05) is 6.61 Å². The molecule has 0 spiro atoms. The predicted molar refractivity (Wildman–Crippen MR) is 271 cm³/mol. The molecule has 11 atom stereocenters. The van der Waals surface area contributed by atoms with Gasteiger partial charge in [-0.15, -0.1) is 10.2 Å². The molecule has 0 radical (unpaired) electrons. The summed E-state index contributed by atoms with van der Waals surface area (Å²) in [4.78, 5) is 26.5. The Balaban J connectivity index is 0.990. The highest BCUT2D eigenvalue weighted by molar-refractivity contribution is 5.69. The SMILES string of the molecule is CC(C)[C@@H]1CC[C@@H](C)C[C@H]1OC(=O)Cn1cc(COC[C@H]2O[C@H](OCc3cn(CC(=O)O[C@@H]4C[C@H](C)CC[C@H]4C(C)C)nn3)[C@H](OCc3ccccc3)[C@@H](OCc3ccccc3)[C@@H]2OCc2ccccc2)nn1. The quantitative estimate of drug-likeness (QED) is 0.0537. The Hall–Kier alpha value is -5.36. The molecule has 1 aliphatic heterocycles. The summed E-state index contributed by atoms with van der Waals surface area (Å²) in [5.41, 5.74) is 3.91. The van der Waals surface area contributed by atoms with E-state index in [0.29, 0.717) is 46.9 Å². The van der Waals surface area contributed by atoms with E-state index in [0.717, 1.165) is 55.2 Å². The number of nitrogens with zero attached hydrogens (tertiary/aromatic N) is 6. The average molecular weight is 1010 g/mol. The van der Waals surface area contributed by atoms with Crippen LogP contribution in [0.4, 0.5) is 0 Å². The van der Waals surface area contributed by atoms with Crippen molar-refractivity contribution >= 4 is 11.9 Å². The maximum atomic E-state index is 13.3. The van der Waals surface area contributed by atoms with Gasteiger partial charge < -0.3 is 37.9 Å². The van der Waals surface area contributed by atoms with Crippen LogP contribution in [0.3, 0.4) is 0 Å². The predicted octanol–water partition coefficient (Wildman–Crippen LogP) is 9.09. The zero-order chi connectivity index (χ0) is 51.1. The summed E-state index contributed by atoms with van der Waals surface area (Å²) in [6.07, 6.45) is 5.32. The van der Waals surface area contributed by atoms with Gasteiger partial charge in [-0.1, -0.05) is 156 Å². The summed E-state index contributed by atoms with van der Waals surface area (Å²) in [5, 5.41) is 17.2. The smallest absolute Gasteiger partial charge is 0.328 e. The topological polar surface area (TPSA) is 169 Å². The summed E-state index contributed by atoms with van der Waals surface area (Å²) in [5.74, 6) is 1.86. The van der Waals surface area contributed by atoms with E-state index in [1.54, 1.807) is 12.4 Å². The van der Waals surface area contributed by atoms with Crippen LogP contribution in [0.2, 0.25) is 0 Å². The van der Waals surface area contributed by atoms with Crippen molar-refractivity contribution in [1.29, 1.82) is 0 Å². The fourth-order valence-electron chi connectivity index (χ4n) is 10.6. The Morgan fingerprint density at radius 1 is 0.562 bits per heavy atom. The lowest BCUT2D eigenvalue weighted by Gasteiger charge is -2.45. The number of esters is 2. The van der Waals surface area contributed by atoms with Crippen LogP contribution in [0.15, 0.2) is 103 Å². The zero-order valence-electron chi connectivity index (χ0n) is 43.5. The third-order valence-corrected chi connectivity index (χ3v) is 14.6. The van der Waals surface area contributed by atoms with Gasteiger partial charge in [0.15, 0.2) is 6.29 Å². The Morgan fingerprint density at radius 3 is 1.47 bits per heavy atom. The van der Waals surface area contributed by atoms with E-state index in [1.165, 1.54) is 9.36 Å². The molecule has 2 saturated carbocycles. The van der Waals surface area contributed by atoms with Crippen LogP contribution in [0.25, 0.3) is 0 Å². The first-order valence-electron chi connectivity index (χ1n) is 26.4. The number of rotatable bonds is 24. The number of benzene rings is 3. The normalized spacial score (nSPS) is 26.5. The molecule has 3 aliphatic rings. The van der Waals surface area contributed by atoms with Crippen molar-refractivity contribution in [2.24, 2.45) is 35.5 Å². The summed E-state index contributed by atoms with van der Waals surface area (Å²) < 4.78 is 55.5. The molecule has 5 aromatic rings. The van der Waals surface area contributed by atoms with E-state index in [9.17, 15) is 9.59 Å². The maximum Gasteiger partial charge on any atom is 0.328 e. The van der Waals surface area contributed by atoms with E-state index in [1.807, 2.05) is 91.0 Å². The first-order valence-corrected chi connectivity index (χ1v) is 26.4. The van der Waals surface area contributed by atoms with Crippen LogP contribution in [0.1, 0.15) is 108 Å². The monoisotopic (exact) mass is 1000 g/mol. The number of carbonyl (C=O) groups excluding carboxylic acids is 2. The minimum absolute atomic E-state index is 0.0154. The molecule has 0 N–H and O–H groups in total. The van der Waals surface area contributed by atoms with E-state index in [-0.39, 0.29) is 76.9 Å². The van der Waals surface area contributed by atoms with Gasteiger partial charge in [-0.3, -0.25) is 9.59 Å². The Labute approximate surface area is 430 Å². The van der Waals surface area contributed by atoms with Crippen molar-refractivity contribution in [3.63, 3.8) is 0 Å². The van der Waals surface area contributed by atoms with Crippen LogP contribution in [0, 0.1) is 35.5 Å². The van der Waals surface area contributed by atoms with Crippen LogP contribution >= 0.6 is 0 Å². The number of aromatic nitrogens is 6. The van der Waals surface area contributed by atoms with Gasteiger partial charge in [0.25, 0.3) is 0 Å². The van der Waals surface area contributed by atoms with Gasteiger partial charge in [-0.25, -0.2) is 9.36 Å². The van der Waals surface area contributed by atoms with Gasteiger partial charge in [0, 0.05) is 0 Å². The average Bonchev–Trinajstić information content (AvgIpc) is 4.03. The van der Waals surface area contributed by atoms with Gasteiger partial charge in [-0.2, -0.15) is 0 Å². The lowest BCUT2D eigenvalue weighted by molar-refractivity contribution is -0.331. The molecule has 1 saturated heterocycles. The number of hydrogen-bond acceptors (Lipinski definition) is 14. The van der Waals surface area contributed by atoms with Crippen molar-refractivity contribution in [1.82, 2.24) is 30.0 Å². The summed E-state index contributed by atoms with van der Waals surface area (Å²) in [6.45, 7) is 14.0. The standard InChI is InChI=1S/C57H76N6O10/c1-38(2)47-24-22-40(5)26-49(47)71-52(64)30-62-28-45(58-60-62)35-66-37-51-54(67-32-42-16-10-7-11-17-42)55(68-33-43-18-12-8-13-19-43)56(69-34-44-20-14-9-15-21-44)57(73-51)70-36-46-29-63(61-59-46)31-53(65)72-50-27-41(6)23-25-48(50)39(3)4/h7-21,28-29,38-41,47-51,54-57H,22-27,30-37H2,1-6H3/t40-,41-,47+,48+,49-,50-,51-,54-,55+,56-,57+/m1/s1. The van der Waals surface area contributed by atoms with Crippen LogP contribution in [-0.4, -0.2) is 91.4 Å². The molecule has 0 amide bonds. The van der Waals surface area contributed by atoms with Gasteiger partial charge in [-0.05, 0) is 77.9 Å². The van der Waals surface area contributed by atoms with E-state index >= 15 is 0 Å². The van der Waals surface area contributed by atoms with Crippen molar-refractivity contribution < 1.29 is 47.5 Å². The molecular weight excluding hydrogens is 929 g/mol.